The maximum absolute atomic E-state index is 13.3. The molecule has 0 saturated carbocycles. The lowest BCUT2D eigenvalue weighted by atomic mass is 10.1. The van der Waals surface area contributed by atoms with Gasteiger partial charge in [0.1, 0.15) is 23.4 Å². The van der Waals surface area contributed by atoms with Gasteiger partial charge in [0.15, 0.2) is 11.6 Å². The summed E-state index contributed by atoms with van der Waals surface area (Å²) in [7, 11) is 1.61. The predicted octanol–water partition coefficient (Wildman–Crippen LogP) is 4.20. The number of methoxy groups -OCH3 is 1. The lowest BCUT2D eigenvalue weighted by Gasteiger charge is -2.32. The van der Waals surface area contributed by atoms with E-state index in [9.17, 15) is 13.6 Å². The van der Waals surface area contributed by atoms with Crippen LogP contribution in [0, 0.1) is 11.6 Å². The molecule has 156 valence electrons. The van der Waals surface area contributed by atoms with Crippen LogP contribution in [0.15, 0.2) is 42.5 Å². The summed E-state index contributed by atoms with van der Waals surface area (Å²) in [5, 5.41) is 0. The summed E-state index contributed by atoms with van der Waals surface area (Å²) in [6.07, 6.45) is 2.27. The molecule has 2 aromatic rings. The van der Waals surface area contributed by atoms with Crippen LogP contribution < -0.4 is 14.2 Å². The van der Waals surface area contributed by atoms with E-state index in [-0.39, 0.29) is 12.0 Å². The monoisotopic (exact) mass is 405 g/mol. The molecule has 0 atom stereocenters. The maximum atomic E-state index is 13.3. The Labute approximate surface area is 169 Å². The minimum absolute atomic E-state index is 0.0922. The highest BCUT2D eigenvalue weighted by Gasteiger charge is 2.23. The first kappa shape index (κ1) is 20.9. The van der Waals surface area contributed by atoms with Gasteiger partial charge in [-0.25, -0.2) is 8.78 Å². The van der Waals surface area contributed by atoms with Gasteiger partial charge in [0.05, 0.1) is 13.7 Å². The van der Waals surface area contributed by atoms with Gasteiger partial charge in [0.2, 0.25) is 5.91 Å². The number of nitrogens with zero attached hydrogens (tertiary/aromatic N) is 1. The van der Waals surface area contributed by atoms with E-state index in [0.29, 0.717) is 51.1 Å². The molecular formula is C22H25F2NO4. The van der Waals surface area contributed by atoms with Crippen molar-refractivity contribution in [2.24, 2.45) is 0 Å². The van der Waals surface area contributed by atoms with Crippen LogP contribution in [0.25, 0.3) is 0 Å². The van der Waals surface area contributed by atoms with E-state index >= 15 is 0 Å². The van der Waals surface area contributed by atoms with Crippen LogP contribution in [0.2, 0.25) is 0 Å². The summed E-state index contributed by atoms with van der Waals surface area (Å²) in [6.45, 7) is 1.65. The predicted molar refractivity (Wildman–Crippen MR) is 104 cm³/mol. The van der Waals surface area contributed by atoms with Gasteiger partial charge >= 0.3 is 0 Å². The summed E-state index contributed by atoms with van der Waals surface area (Å²) in [6, 6.07) is 10.8. The van der Waals surface area contributed by atoms with Crippen molar-refractivity contribution in [3.63, 3.8) is 0 Å². The third-order valence-corrected chi connectivity index (χ3v) is 4.85. The summed E-state index contributed by atoms with van der Waals surface area (Å²) >= 11 is 0. The van der Waals surface area contributed by atoms with Crippen molar-refractivity contribution < 1.29 is 27.8 Å². The van der Waals surface area contributed by atoms with Crippen LogP contribution in [-0.4, -0.2) is 43.7 Å². The highest BCUT2D eigenvalue weighted by Crippen LogP contribution is 2.22. The number of carbonyl (C=O) groups is 1. The molecule has 0 aliphatic carbocycles. The van der Waals surface area contributed by atoms with Gasteiger partial charge in [-0.15, -0.1) is 0 Å². The Hall–Kier alpha value is -2.83. The molecule has 5 nitrogen and oxygen atoms in total. The maximum Gasteiger partial charge on any atom is 0.222 e. The minimum atomic E-state index is -0.924. The lowest BCUT2D eigenvalue weighted by molar-refractivity contribution is -0.133. The number of piperidine rings is 1. The van der Waals surface area contributed by atoms with Crippen molar-refractivity contribution in [2.45, 2.75) is 31.8 Å². The fourth-order valence-corrected chi connectivity index (χ4v) is 3.21. The molecule has 2 aromatic carbocycles. The van der Waals surface area contributed by atoms with Crippen LogP contribution in [0.5, 0.6) is 17.2 Å². The molecule has 1 heterocycles. The van der Waals surface area contributed by atoms with Crippen LogP contribution in [0.1, 0.15) is 25.7 Å². The number of carbonyl (C=O) groups excluding carboxylic acids is 1. The van der Waals surface area contributed by atoms with Crippen molar-refractivity contribution in [2.75, 3.05) is 26.8 Å². The Bertz CT molecular complexity index is 805. The number of benzene rings is 2. The summed E-state index contributed by atoms with van der Waals surface area (Å²) in [5.74, 6) is 0.0950. The normalized spacial score (nSPS) is 14.5. The number of amides is 1. The molecule has 29 heavy (non-hydrogen) atoms. The Kier molecular flexibility index (Phi) is 7.27. The van der Waals surface area contributed by atoms with Crippen molar-refractivity contribution in [1.29, 1.82) is 0 Å². The highest BCUT2D eigenvalue weighted by molar-refractivity contribution is 5.76. The SMILES string of the molecule is COc1ccc(OCCCC(=O)N2CCC(Oc3ccc(F)c(F)c3)CC2)cc1. The second kappa shape index (κ2) is 10.1. The van der Waals surface area contributed by atoms with Gasteiger partial charge in [-0.1, -0.05) is 0 Å². The second-order valence-corrected chi connectivity index (χ2v) is 6.90. The number of hydrogen-bond acceptors (Lipinski definition) is 4. The third-order valence-electron chi connectivity index (χ3n) is 4.85. The van der Waals surface area contributed by atoms with Gasteiger partial charge in [-0.2, -0.15) is 0 Å². The van der Waals surface area contributed by atoms with Crippen molar-refractivity contribution in [1.82, 2.24) is 4.90 Å². The first-order valence-electron chi connectivity index (χ1n) is 9.71. The van der Waals surface area contributed by atoms with Crippen LogP contribution in [0.3, 0.4) is 0 Å². The van der Waals surface area contributed by atoms with Gasteiger partial charge in [0, 0.05) is 38.4 Å². The van der Waals surface area contributed by atoms with Crippen molar-refractivity contribution >= 4 is 5.91 Å². The molecule has 1 aliphatic rings. The Balaban J connectivity index is 1.34. The Morgan fingerprint density at radius 3 is 2.31 bits per heavy atom. The minimum Gasteiger partial charge on any atom is -0.497 e. The fraction of sp³-hybridized carbons (Fsp3) is 0.409. The van der Waals surface area contributed by atoms with Crippen molar-refractivity contribution in [3.05, 3.63) is 54.1 Å². The molecule has 7 heteroatoms. The molecule has 3 rings (SSSR count). The number of halogens is 2. The van der Waals surface area contributed by atoms with Gasteiger partial charge in [-0.05, 0) is 42.8 Å². The average molecular weight is 405 g/mol. The zero-order valence-corrected chi connectivity index (χ0v) is 16.4. The number of hydrogen-bond donors (Lipinski definition) is 0. The lowest BCUT2D eigenvalue weighted by Crippen LogP contribution is -2.41. The van der Waals surface area contributed by atoms with Gasteiger partial charge in [-0.3, -0.25) is 4.79 Å². The zero-order valence-electron chi connectivity index (χ0n) is 16.4. The largest absolute Gasteiger partial charge is 0.497 e. The molecule has 1 aliphatic heterocycles. The van der Waals surface area contributed by atoms with Crippen LogP contribution in [0.4, 0.5) is 8.78 Å². The Morgan fingerprint density at radius 2 is 1.66 bits per heavy atom. The fourth-order valence-electron chi connectivity index (χ4n) is 3.21. The number of likely N-dealkylation sites (tertiary alicyclic amines) is 1. The van der Waals surface area contributed by atoms with Gasteiger partial charge in [0.25, 0.3) is 0 Å². The first-order valence-corrected chi connectivity index (χ1v) is 9.71. The molecule has 1 amide bonds. The third kappa shape index (κ3) is 6.07. The zero-order chi connectivity index (χ0) is 20.6. The van der Waals surface area contributed by atoms with E-state index in [1.165, 1.54) is 6.07 Å². The van der Waals surface area contributed by atoms with E-state index in [1.807, 2.05) is 29.2 Å². The molecule has 0 bridgehead atoms. The molecular weight excluding hydrogens is 380 g/mol. The standard InChI is InChI=1S/C22H25F2NO4/c1-27-16-4-6-17(7-5-16)28-14-2-3-22(26)25-12-10-18(11-13-25)29-19-8-9-20(23)21(24)15-19/h4-9,15,18H,2-3,10-14H2,1H3. The average Bonchev–Trinajstić information content (AvgIpc) is 2.74. The Morgan fingerprint density at radius 1 is 1.00 bits per heavy atom. The number of ether oxygens (including phenoxy) is 3. The molecule has 0 N–H and O–H groups in total. The van der Waals surface area contributed by atoms with Crippen LogP contribution in [-0.2, 0) is 4.79 Å². The molecule has 0 radical (unpaired) electrons. The first-order chi connectivity index (χ1) is 14.0. The quantitative estimate of drug-likeness (QED) is 0.618. The van der Waals surface area contributed by atoms with E-state index < -0.39 is 11.6 Å². The summed E-state index contributed by atoms with van der Waals surface area (Å²) < 4.78 is 42.7. The van der Waals surface area contributed by atoms with Crippen molar-refractivity contribution in [3.8, 4) is 17.2 Å². The summed E-state index contributed by atoms with van der Waals surface area (Å²) in [5.41, 5.74) is 0. The van der Waals surface area contributed by atoms with E-state index in [4.69, 9.17) is 14.2 Å². The summed E-state index contributed by atoms with van der Waals surface area (Å²) in [4.78, 5) is 14.2. The van der Waals surface area contributed by atoms with Gasteiger partial charge < -0.3 is 19.1 Å². The molecule has 1 saturated heterocycles. The second-order valence-electron chi connectivity index (χ2n) is 6.90. The number of rotatable bonds is 8. The van der Waals surface area contributed by atoms with E-state index in [1.54, 1.807) is 7.11 Å². The van der Waals surface area contributed by atoms with E-state index in [0.717, 1.165) is 23.6 Å². The molecule has 0 spiro atoms. The van der Waals surface area contributed by atoms with Crippen LogP contribution >= 0.6 is 0 Å². The highest BCUT2D eigenvalue weighted by atomic mass is 19.2. The molecule has 0 unspecified atom stereocenters. The van der Waals surface area contributed by atoms with E-state index in [2.05, 4.69) is 0 Å². The smallest absolute Gasteiger partial charge is 0.222 e. The molecule has 1 fully saturated rings. The molecule has 0 aromatic heterocycles. The topological polar surface area (TPSA) is 48.0 Å².